The second kappa shape index (κ2) is 8.22. The van der Waals surface area contributed by atoms with Crippen LogP contribution in [0.25, 0.3) is 0 Å². The van der Waals surface area contributed by atoms with Crippen molar-refractivity contribution in [3.8, 4) is 5.75 Å². The zero-order valence-corrected chi connectivity index (χ0v) is 13.1. The lowest BCUT2D eigenvalue weighted by atomic mass is 10.3. The number of nitrogens with one attached hydrogen (secondary N) is 1. The predicted molar refractivity (Wildman–Crippen MR) is 83.9 cm³/mol. The lowest BCUT2D eigenvalue weighted by Crippen LogP contribution is -2.51. The van der Waals surface area contributed by atoms with E-state index in [4.69, 9.17) is 16.3 Å². The Bertz CT molecular complexity index is 462. The summed E-state index contributed by atoms with van der Waals surface area (Å²) in [6.07, 6.45) is 0. The zero-order chi connectivity index (χ0) is 15.1. The number of carbonyl (C=O) groups is 1. The Morgan fingerprint density at radius 2 is 2.00 bits per heavy atom. The van der Waals surface area contributed by atoms with Gasteiger partial charge in [0.1, 0.15) is 12.4 Å². The Kier molecular flexibility index (Phi) is 6.29. The van der Waals surface area contributed by atoms with Crippen LogP contribution in [0, 0.1) is 0 Å². The van der Waals surface area contributed by atoms with E-state index >= 15 is 0 Å². The van der Waals surface area contributed by atoms with Crippen LogP contribution in [0.5, 0.6) is 5.75 Å². The van der Waals surface area contributed by atoms with E-state index in [0.29, 0.717) is 18.2 Å². The van der Waals surface area contributed by atoms with Gasteiger partial charge in [0.2, 0.25) is 5.91 Å². The molecule has 1 fully saturated rings. The van der Waals surface area contributed by atoms with E-state index < -0.39 is 0 Å². The molecule has 5 nitrogen and oxygen atoms in total. The minimum absolute atomic E-state index is 0.171. The maximum atomic E-state index is 11.7. The summed E-state index contributed by atoms with van der Waals surface area (Å²) in [5.41, 5.74) is 0. The molecule has 1 saturated heterocycles. The molecule has 1 aromatic rings. The standard InChI is InChI=1S/C15H22ClN3O2/c1-17-12-15(20)19-8-6-18(7-9-19)10-11-21-14-5-3-2-4-13(14)16/h2-5,17H,6-12H2,1H3. The number of nitrogens with zero attached hydrogens (tertiary/aromatic N) is 2. The van der Waals surface area contributed by atoms with Gasteiger partial charge < -0.3 is 15.0 Å². The van der Waals surface area contributed by atoms with Crippen LogP contribution in [0.2, 0.25) is 5.02 Å². The number of benzene rings is 1. The van der Waals surface area contributed by atoms with Crippen LogP contribution in [0.1, 0.15) is 0 Å². The summed E-state index contributed by atoms with van der Waals surface area (Å²) in [7, 11) is 1.79. The molecule has 2 rings (SSSR count). The van der Waals surface area contributed by atoms with Crippen molar-refractivity contribution in [3.63, 3.8) is 0 Å². The molecular weight excluding hydrogens is 290 g/mol. The van der Waals surface area contributed by atoms with Gasteiger partial charge in [-0.15, -0.1) is 0 Å². The fraction of sp³-hybridized carbons (Fsp3) is 0.533. The van der Waals surface area contributed by atoms with Gasteiger partial charge in [-0.25, -0.2) is 0 Å². The van der Waals surface area contributed by atoms with Crippen LogP contribution in [0.15, 0.2) is 24.3 Å². The van der Waals surface area contributed by atoms with Gasteiger partial charge in [0, 0.05) is 32.7 Å². The Morgan fingerprint density at radius 1 is 1.29 bits per heavy atom. The molecule has 0 bridgehead atoms. The van der Waals surface area contributed by atoms with Crippen LogP contribution in [-0.4, -0.2) is 68.6 Å². The fourth-order valence-electron chi connectivity index (χ4n) is 2.33. The highest BCUT2D eigenvalue weighted by Crippen LogP contribution is 2.22. The SMILES string of the molecule is CNCC(=O)N1CCN(CCOc2ccccc2Cl)CC1. The first kappa shape index (κ1) is 16.1. The number of carbonyl (C=O) groups excluding carboxylic acids is 1. The summed E-state index contributed by atoms with van der Waals surface area (Å²) in [6.45, 7) is 5.21. The molecule has 0 radical (unpaired) electrons. The van der Waals surface area contributed by atoms with Crippen molar-refractivity contribution in [1.82, 2.24) is 15.1 Å². The van der Waals surface area contributed by atoms with Crippen molar-refractivity contribution in [2.45, 2.75) is 0 Å². The lowest BCUT2D eigenvalue weighted by molar-refractivity contribution is -0.131. The minimum Gasteiger partial charge on any atom is -0.491 e. The number of ether oxygens (including phenoxy) is 1. The van der Waals surface area contributed by atoms with Crippen molar-refractivity contribution in [3.05, 3.63) is 29.3 Å². The second-order valence-corrected chi connectivity index (χ2v) is 5.44. The second-order valence-electron chi connectivity index (χ2n) is 5.03. The lowest BCUT2D eigenvalue weighted by Gasteiger charge is -2.34. The molecule has 0 unspecified atom stereocenters. The molecule has 0 aromatic heterocycles. The highest BCUT2D eigenvalue weighted by molar-refractivity contribution is 6.32. The summed E-state index contributed by atoms with van der Waals surface area (Å²) in [4.78, 5) is 16.0. The van der Waals surface area contributed by atoms with E-state index in [1.54, 1.807) is 7.05 Å². The first-order valence-corrected chi connectivity index (χ1v) is 7.60. The highest BCUT2D eigenvalue weighted by Gasteiger charge is 2.20. The van der Waals surface area contributed by atoms with Gasteiger partial charge in [-0.2, -0.15) is 0 Å². The first-order valence-electron chi connectivity index (χ1n) is 7.23. The third kappa shape index (κ3) is 4.88. The molecule has 0 saturated carbocycles. The molecule has 21 heavy (non-hydrogen) atoms. The monoisotopic (exact) mass is 311 g/mol. The van der Waals surface area contributed by atoms with Crippen molar-refractivity contribution in [2.75, 3.05) is 52.9 Å². The molecule has 116 valence electrons. The van der Waals surface area contributed by atoms with Crippen molar-refractivity contribution >= 4 is 17.5 Å². The molecule has 1 amide bonds. The topological polar surface area (TPSA) is 44.8 Å². The van der Waals surface area contributed by atoms with Gasteiger partial charge in [-0.05, 0) is 19.2 Å². The Morgan fingerprint density at radius 3 is 2.67 bits per heavy atom. The number of hydrogen-bond acceptors (Lipinski definition) is 4. The molecule has 0 spiro atoms. The molecule has 1 aromatic carbocycles. The smallest absolute Gasteiger partial charge is 0.236 e. The quantitative estimate of drug-likeness (QED) is 0.854. The first-order chi connectivity index (χ1) is 10.2. The third-order valence-corrected chi connectivity index (χ3v) is 3.87. The number of rotatable bonds is 6. The van der Waals surface area contributed by atoms with E-state index in [0.717, 1.165) is 38.5 Å². The number of piperazine rings is 1. The number of hydrogen-bond donors (Lipinski definition) is 1. The van der Waals surface area contributed by atoms with Crippen LogP contribution >= 0.6 is 11.6 Å². The van der Waals surface area contributed by atoms with Gasteiger partial charge in [0.25, 0.3) is 0 Å². The summed E-state index contributed by atoms with van der Waals surface area (Å²) >= 11 is 6.04. The van der Waals surface area contributed by atoms with Crippen LogP contribution in [-0.2, 0) is 4.79 Å². The Balaban J connectivity index is 1.67. The average molecular weight is 312 g/mol. The van der Waals surface area contributed by atoms with E-state index in [9.17, 15) is 4.79 Å². The maximum Gasteiger partial charge on any atom is 0.236 e. The average Bonchev–Trinajstić information content (AvgIpc) is 2.50. The van der Waals surface area contributed by atoms with Crippen LogP contribution in [0.3, 0.4) is 0 Å². The minimum atomic E-state index is 0.171. The Labute approximate surface area is 130 Å². The molecule has 1 aliphatic rings. The normalized spacial score (nSPS) is 16.0. The van der Waals surface area contributed by atoms with Crippen molar-refractivity contribution in [1.29, 1.82) is 0 Å². The molecular formula is C15H22ClN3O2. The summed E-state index contributed by atoms with van der Waals surface area (Å²) in [5, 5.41) is 3.54. The summed E-state index contributed by atoms with van der Waals surface area (Å²) in [5.74, 6) is 0.895. The molecule has 0 atom stereocenters. The molecule has 0 aliphatic carbocycles. The Hall–Kier alpha value is -1.30. The van der Waals surface area contributed by atoms with Gasteiger partial charge in [0.05, 0.1) is 11.6 Å². The van der Waals surface area contributed by atoms with Gasteiger partial charge in [-0.1, -0.05) is 23.7 Å². The van der Waals surface area contributed by atoms with Crippen LogP contribution in [0.4, 0.5) is 0 Å². The predicted octanol–water partition coefficient (Wildman–Crippen LogP) is 1.08. The fourth-order valence-corrected chi connectivity index (χ4v) is 2.52. The number of likely N-dealkylation sites (N-methyl/N-ethyl adjacent to an activating group) is 1. The van der Waals surface area contributed by atoms with Crippen LogP contribution < -0.4 is 10.1 Å². The maximum absolute atomic E-state index is 11.7. The summed E-state index contributed by atoms with van der Waals surface area (Å²) < 4.78 is 5.69. The molecule has 1 heterocycles. The number of halogens is 1. The van der Waals surface area contributed by atoms with Crippen molar-refractivity contribution in [2.24, 2.45) is 0 Å². The van der Waals surface area contributed by atoms with Crippen molar-refractivity contribution < 1.29 is 9.53 Å². The molecule has 1 N–H and O–H groups in total. The van der Waals surface area contributed by atoms with E-state index in [1.807, 2.05) is 29.2 Å². The highest BCUT2D eigenvalue weighted by atomic mass is 35.5. The van der Waals surface area contributed by atoms with Gasteiger partial charge in [0.15, 0.2) is 0 Å². The van der Waals surface area contributed by atoms with E-state index in [-0.39, 0.29) is 5.91 Å². The third-order valence-electron chi connectivity index (χ3n) is 3.55. The number of para-hydroxylation sites is 1. The van der Waals surface area contributed by atoms with E-state index in [2.05, 4.69) is 10.2 Å². The number of amides is 1. The summed E-state index contributed by atoms with van der Waals surface area (Å²) in [6, 6.07) is 7.49. The van der Waals surface area contributed by atoms with Gasteiger partial charge in [-0.3, -0.25) is 9.69 Å². The van der Waals surface area contributed by atoms with Gasteiger partial charge >= 0.3 is 0 Å². The van der Waals surface area contributed by atoms with E-state index in [1.165, 1.54) is 0 Å². The zero-order valence-electron chi connectivity index (χ0n) is 12.3. The largest absolute Gasteiger partial charge is 0.491 e. The molecule has 6 heteroatoms. The molecule has 1 aliphatic heterocycles.